The predicted octanol–water partition coefficient (Wildman–Crippen LogP) is 2.49. The Morgan fingerprint density at radius 1 is 1.19 bits per heavy atom. The van der Waals surface area contributed by atoms with E-state index in [2.05, 4.69) is 55.9 Å². The first kappa shape index (κ1) is 17.3. The zero-order valence-corrected chi connectivity index (χ0v) is 15.5. The molecule has 0 aliphatic heterocycles. The van der Waals surface area contributed by atoms with Gasteiger partial charge in [0.15, 0.2) is 5.96 Å². The molecule has 0 saturated heterocycles. The monoisotopic (exact) mass is 360 g/mol. The number of aromatic nitrogens is 3. The zero-order chi connectivity index (χ0) is 18.5. The van der Waals surface area contributed by atoms with Crippen molar-refractivity contribution in [3.05, 3.63) is 78.0 Å². The number of hydrogen-bond donors (Lipinski definition) is 2. The van der Waals surface area contributed by atoms with Crippen LogP contribution in [0.1, 0.15) is 23.1 Å². The first-order valence-corrected chi connectivity index (χ1v) is 9.29. The van der Waals surface area contributed by atoms with Crippen LogP contribution in [-0.2, 0) is 19.4 Å². The van der Waals surface area contributed by atoms with Crippen LogP contribution in [0, 0.1) is 0 Å². The number of nitrogens with one attached hydrogen (secondary N) is 2. The van der Waals surface area contributed by atoms with Crippen molar-refractivity contribution in [3.8, 4) is 5.82 Å². The van der Waals surface area contributed by atoms with E-state index in [4.69, 9.17) is 0 Å². The third kappa shape index (κ3) is 4.00. The molecule has 1 aromatic carbocycles. The Bertz CT molecular complexity index is 916. The second-order valence-electron chi connectivity index (χ2n) is 6.73. The molecule has 138 valence electrons. The van der Waals surface area contributed by atoms with Gasteiger partial charge in [-0.25, -0.2) is 9.97 Å². The molecule has 3 aromatic rings. The maximum Gasteiger partial charge on any atom is 0.191 e. The smallest absolute Gasteiger partial charge is 0.191 e. The minimum atomic E-state index is 0.396. The molecule has 0 saturated carbocycles. The molecule has 0 spiro atoms. The summed E-state index contributed by atoms with van der Waals surface area (Å²) in [6.45, 7) is 0.643. The van der Waals surface area contributed by atoms with E-state index in [1.54, 1.807) is 18.7 Å². The van der Waals surface area contributed by atoms with E-state index in [1.165, 1.54) is 11.1 Å². The third-order valence-corrected chi connectivity index (χ3v) is 4.97. The van der Waals surface area contributed by atoms with E-state index < -0.39 is 0 Å². The number of guanidine groups is 1. The first-order valence-electron chi connectivity index (χ1n) is 9.29. The number of rotatable bonds is 4. The van der Waals surface area contributed by atoms with Crippen molar-refractivity contribution in [2.75, 3.05) is 7.05 Å². The summed E-state index contributed by atoms with van der Waals surface area (Å²) >= 11 is 0. The Morgan fingerprint density at radius 2 is 2.07 bits per heavy atom. The van der Waals surface area contributed by atoms with Gasteiger partial charge in [-0.05, 0) is 36.5 Å². The van der Waals surface area contributed by atoms with E-state index in [0.29, 0.717) is 12.6 Å². The molecule has 2 heterocycles. The molecular formula is C21H24N6. The van der Waals surface area contributed by atoms with Crippen LogP contribution < -0.4 is 10.6 Å². The molecular weight excluding hydrogens is 336 g/mol. The molecule has 6 nitrogen and oxygen atoms in total. The topological polar surface area (TPSA) is 67.1 Å². The van der Waals surface area contributed by atoms with E-state index in [-0.39, 0.29) is 0 Å². The van der Waals surface area contributed by atoms with Gasteiger partial charge in [0.1, 0.15) is 12.1 Å². The molecule has 1 unspecified atom stereocenters. The second-order valence-corrected chi connectivity index (χ2v) is 6.73. The van der Waals surface area contributed by atoms with E-state index in [1.807, 2.05) is 23.9 Å². The molecule has 2 aromatic heterocycles. The molecule has 1 atom stereocenters. The molecule has 27 heavy (non-hydrogen) atoms. The van der Waals surface area contributed by atoms with Gasteiger partial charge >= 0.3 is 0 Å². The Labute approximate surface area is 159 Å². The van der Waals surface area contributed by atoms with Gasteiger partial charge in [-0.2, -0.15) is 0 Å². The van der Waals surface area contributed by atoms with Crippen molar-refractivity contribution in [2.24, 2.45) is 4.99 Å². The van der Waals surface area contributed by atoms with Gasteiger partial charge < -0.3 is 10.6 Å². The van der Waals surface area contributed by atoms with Crippen LogP contribution in [0.15, 0.2) is 66.3 Å². The Balaban J connectivity index is 1.40. The number of aliphatic imine (C=N–C) groups is 1. The summed E-state index contributed by atoms with van der Waals surface area (Å²) in [5, 5.41) is 6.99. The van der Waals surface area contributed by atoms with Gasteiger partial charge in [0.2, 0.25) is 0 Å². The van der Waals surface area contributed by atoms with Crippen LogP contribution in [-0.4, -0.2) is 33.6 Å². The lowest BCUT2D eigenvalue weighted by atomic mass is 9.88. The lowest BCUT2D eigenvalue weighted by Gasteiger charge is -2.27. The molecule has 2 N–H and O–H groups in total. The fourth-order valence-corrected chi connectivity index (χ4v) is 3.57. The lowest BCUT2D eigenvalue weighted by Crippen LogP contribution is -2.45. The molecule has 1 aliphatic carbocycles. The number of pyridine rings is 1. The van der Waals surface area contributed by atoms with Crippen molar-refractivity contribution < 1.29 is 0 Å². The van der Waals surface area contributed by atoms with Gasteiger partial charge in [0, 0.05) is 43.8 Å². The number of hydrogen-bond acceptors (Lipinski definition) is 3. The van der Waals surface area contributed by atoms with Crippen LogP contribution in [0.3, 0.4) is 0 Å². The van der Waals surface area contributed by atoms with Gasteiger partial charge in [-0.3, -0.25) is 9.56 Å². The molecule has 0 bridgehead atoms. The summed E-state index contributed by atoms with van der Waals surface area (Å²) in [5.74, 6) is 1.70. The summed E-state index contributed by atoms with van der Waals surface area (Å²) < 4.78 is 1.92. The highest BCUT2D eigenvalue weighted by Crippen LogP contribution is 2.21. The Kier molecular flexibility index (Phi) is 5.14. The summed E-state index contributed by atoms with van der Waals surface area (Å²) in [5.41, 5.74) is 4.00. The van der Waals surface area contributed by atoms with Crippen molar-refractivity contribution in [3.63, 3.8) is 0 Å². The largest absolute Gasteiger partial charge is 0.353 e. The second kappa shape index (κ2) is 8.03. The highest BCUT2D eigenvalue weighted by atomic mass is 15.2. The zero-order valence-electron chi connectivity index (χ0n) is 15.5. The van der Waals surface area contributed by atoms with Gasteiger partial charge in [0.05, 0.1) is 0 Å². The minimum absolute atomic E-state index is 0.396. The number of aryl methyl sites for hydroxylation is 1. The fourth-order valence-electron chi connectivity index (χ4n) is 3.57. The summed E-state index contributed by atoms with van der Waals surface area (Å²) in [4.78, 5) is 13.0. The molecule has 6 heteroatoms. The minimum Gasteiger partial charge on any atom is -0.353 e. The Morgan fingerprint density at radius 3 is 2.89 bits per heavy atom. The molecule has 0 radical (unpaired) electrons. The standard InChI is InChI=1S/C21H24N6/c1-22-21(26-19-9-8-16-5-2-3-6-17(16)13-19)25-14-18-7-4-10-24-20(18)27-12-11-23-15-27/h2-7,10-12,15,19H,8-9,13-14H2,1H3,(H2,22,25,26). The molecule has 0 fully saturated rings. The summed E-state index contributed by atoms with van der Waals surface area (Å²) in [6, 6.07) is 13.1. The van der Waals surface area contributed by atoms with Crippen LogP contribution in [0.4, 0.5) is 0 Å². The van der Waals surface area contributed by atoms with Gasteiger partial charge in [-0.15, -0.1) is 0 Å². The molecule has 4 rings (SSSR count). The van der Waals surface area contributed by atoms with Crippen LogP contribution in [0.5, 0.6) is 0 Å². The Hall–Kier alpha value is -3.15. The normalized spacial score (nSPS) is 16.6. The number of imidazole rings is 1. The van der Waals surface area contributed by atoms with Crippen molar-refractivity contribution in [1.82, 2.24) is 25.2 Å². The number of nitrogens with zero attached hydrogens (tertiary/aromatic N) is 4. The maximum absolute atomic E-state index is 4.49. The first-order chi connectivity index (χ1) is 13.3. The third-order valence-electron chi connectivity index (χ3n) is 4.97. The SMILES string of the molecule is CN=C(NCc1cccnc1-n1ccnc1)NC1CCc2ccccc2C1. The van der Waals surface area contributed by atoms with Crippen LogP contribution in [0.25, 0.3) is 5.82 Å². The van der Waals surface area contributed by atoms with E-state index in [9.17, 15) is 0 Å². The average molecular weight is 360 g/mol. The van der Waals surface area contributed by atoms with Crippen molar-refractivity contribution >= 4 is 5.96 Å². The summed E-state index contributed by atoms with van der Waals surface area (Å²) in [7, 11) is 1.81. The quantitative estimate of drug-likeness (QED) is 0.554. The van der Waals surface area contributed by atoms with E-state index in [0.717, 1.165) is 36.6 Å². The molecule has 1 aliphatic rings. The van der Waals surface area contributed by atoms with Crippen LogP contribution in [0.2, 0.25) is 0 Å². The van der Waals surface area contributed by atoms with Gasteiger partial charge in [0.25, 0.3) is 0 Å². The predicted molar refractivity (Wildman–Crippen MR) is 107 cm³/mol. The average Bonchev–Trinajstić information content (AvgIpc) is 3.26. The highest BCUT2D eigenvalue weighted by Gasteiger charge is 2.19. The van der Waals surface area contributed by atoms with Crippen LogP contribution >= 0.6 is 0 Å². The van der Waals surface area contributed by atoms with Crippen molar-refractivity contribution in [2.45, 2.75) is 31.8 Å². The van der Waals surface area contributed by atoms with Gasteiger partial charge in [-0.1, -0.05) is 30.3 Å². The summed E-state index contributed by atoms with van der Waals surface area (Å²) in [6.07, 6.45) is 10.5. The maximum atomic E-state index is 4.49. The fraction of sp³-hybridized carbons (Fsp3) is 0.286. The highest BCUT2D eigenvalue weighted by molar-refractivity contribution is 5.80. The number of benzene rings is 1. The molecule has 0 amide bonds. The van der Waals surface area contributed by atoms with Crippen molar-refractivity contribution in [1.29, 1.82) is 0 Å². The number of fused-ring (bicyclic) bond motifs is 1. The lowest BCUT2D eigenvalue weighted by molar-refractivity contribution is 0.520. The van der Waals surface area contributed by atoms with E-state index >= 15 is 0 Å².